The molecule has 3 heteroatoms. The predicted molar refractivity (Wildman–Crippen MR) is 80.0 cm³/mol. The highest BCUT2D eigenvalue weighted by Crippen LogP contribution is 2.41. The van der Waals surface area contributed by atoms with Crippen LogP contribution >= 0.6 is 0 Å². The van der Waals surface area contributed by atoms with Gasteiger partial charge in [0.2, 0.25) is 0 Å². The van der Waals surface area contributed by atoms with Gasteiger partial charge in [-0.3, -0.25) is 0 Å². The molecule has 1 N–H and O–H groups in total. The monoisotopic (exact) mass is 275 g/mol. The Morgan fingerprint density at radius 3 is 2.50 bits per heavy atom. The van der Waals surface area contributed by atoms with Crippen molar-refractivity contribution in [1.82, 2.24) is 5.32 Å². The van der Waals surface area contributed by atoms with Gasteiger partial charge in [0, 0.05) is 18.7 Å². The zero-order chi connectivity index (χ0) is 13.9. The normalized spacial score (nSPS) is 25.4. The summed E-state index contributed by atoms with van der Waals surface area (Å²) >= 11 is 0. The molecule has 1 aliphatic carbocycles. The highest BCUT2D eigenvalue weighted by molar-refractivity contribution is 5.30. The van der Waals surface area contributed by atoms with Crippen molar-refractivity contribution in [3.63, 3.8) is 0 Å². The number of hydrogen-bond donors (Lipinski definition) is 1. The highest BCUT2D eigenvalue weighted by Gasteiger charge is 2.34. The zero-order valence-electron chi connectivity index (χ0n) is 12.5. The lowest BCUT2D eigenvalue weighted by molar-refractivity contribution is 0.0785. The minimum Gasteiger partial charge on any atom is -0.497 e. The fourth-order valence-electron chi connectivity index (χ4n) is 3.13. The van der Waals surface area contributed by atoms with Crippen molar-refractivity contribution >= 4 is 0 Å². The molecule has 3 atom stereocenters. The first-order chi connectivity index (χ1) is 9.78. The van der Waals surface area contributed by atoms with E-state index in [9.17, 15) is 0 Å². The van der Waals surface area contributed by atoms with Gasteiger partial charge in [0.05, 0.1) is 13.2 Å². The average Bonchev–Trinajstić information content (AvgIpc) is 3.17. The highest BCUT2D eigenvalue weighted by atomic mass is 16.5. The van der Waals surface area contributed by atoms with Crippen LogP contribution in [0.1, 0.15) is 44.2 Å². The van der Waals surface area contributed by atoms with Gasteiger partial charge in [-0.1, -0.05) is 12.1 Å². The summed E-state index contributed by atoms with van der Waals surface area (Å²) in [5.74, 6) is 1.71. The molecule has 1 aromatic rings. The topological polar surface area (TPSA) is 30.5 Å². The molecule has 1 saturated heterocycles. The molecule has 1 aliphatic heterocycles. The summed E-state index contributed by atoms with van der Waals surface area (Å²) in [5.41, 5.74) is 1.37. The van der Waals surface area contributed by atoms with Crippen molar-refractivity contribution < 1.29 is 9.47 Å². The maximum atomic E-state index is 5.81. The Balaban J connectivity index is 1.68. The Bertz CT molecular complexity index is 421. The first-order valence-corrected chi connectivity index (χ1v) is 7.79. The number of ether oxygens (including phenoxy) is 2. The van der Waals surface area contributed by atoms with Crippen LogP contribution in [0, 0.1) is 5.92 Å². The molecule has 20 heavy (non-hydrogen) atoms. The Hall–Kier alpha value is -1.06. The van der Waals surface area contributed by atoms with E-state index in [0.29, 0.717) is 18.2 Å². The van der Waals surface area contributed by atoms with Crippen molar-refractivity contribution in [2.75, 3.05) is 13.7 Å². The van der Waals surface area contributed by atoms with E-state index >= 15 is 0 Å². The van der Waals surface area contributed by atoms with Crippen LogP contribution in [-0.2, 0) is 4.74 Å². The van der Waals surface area contributed by atoms with Crippen LogP contribution in [-0.4, -0.2) is 25.9 Å². The molecule has 2 fully saturated rings. The summed E-state index contributed by atoms with van der Waals surface area (Å²) in [7, 11) is 1.71. The summed E-state index contributed by atoms with van der Waals surface area (Å²) in [4.78, 5) is 0. The van der Waals surface area contributed by atoms with Crippen molar-refractivity contribution in [1.29, 1.82) is 0 Å². The third-order valence-corrected chi connectivity index (χ3v) is 4.53. The molecular weight excluding hydrogens is 250 g/mol. The van der Waals surface area contributed by atoms with Gasteiger partial charge in [0.15, 0.2) is 0 Å². The van der Waals surface area contributed by atoms with Gasteiger partial charge in [-0.2, -0.15) is 0 Å². The van der Waals surface area contributed by atoms with Crippen molar-refractivity contribution in [3.05, 3.63) is 29.8 Å². The van der Waals surface area contributed by atoms with Crippen LogP contribution in [0.2, 0.25) is 0 Å². The largest absolute Gasteiger partial charge is 0.497 e. The van der Waals surface area contributed by atoms with E-state index in [-0.39, 0.29) is 0 Å². The number of rotatable bonds is 6. The predicted octanol–water partition coefficient (Wildman–Crippen LogP) is 3.30. The lowest BCUT2D eigenvalue weighted by atomic mass is 9.99. The van der Waals surface area contributed by atoms with E-state index in [4.69, 9.17) is 9.47 Å². The molecule has 110 valence electrons. The molecule has 1 heterocycles. The Morgan fingerprint density at radius 1 is 1.20 bits per heavy atom. The van der Waals surface area contributed by atoms with E-state index in [1.165, 1.54) is 31.2 Å². The molecule has 2 aliphatic rings. The van der Waals surface area contributed by atoms with Crippen LogP contribution in [0.25, 0.3) is 0 Å². The molecule has 1 aromatic carbocycles. The van der Waals surface area contributed by atoms with Crippen LogP contribution in [0.3, 0.4) is 0 Å². The van der Waals surface area contributed by atoms with E-state index in [0.717, 1.165) is 18.3 Å². The SMILES string of the molecule is COc1ccc(C(NC(C)C2CCCO2)C2CC2)cc1. The molecule has 0 aromatic heterocycles. The standard InChI is InChI=1S/C17H25NO2/c1-12(16-4-3-11-20-16)18-17(13-5-6-13)14-7-9-15(19-2)10-8-14/h7-10,12-13,16-18H,3-6,11H2,1-2H3. The molecule has 3 nitrogen and oxygen atoms in total. The minimum absolute atomic E-state index is 0.384. The lowest BCUT2D eigenvalue weighted by Gasteiger charge is -2.27. The fraction of sp³-hybridized carbons (Fsp3) is 0.647. The van der Waals surface area contributed by atoms with Gasteiger partial charge in [-0.05, 0) is 56.2 Å². The lowest BCUT2D eigenvalue weighted by Crippen LogP contribution is -2.40. The number of nitrogens with one attached hydrogen (secondary N) is 1. The molecule has 3 rings (SSSR count). The Kier molecular flexibility index (Phi) is 4.27. The molecule has 0 amide bonds. The van der Waals surface area contributed by atoms with Crippen LogP contribution in [0.15, 0.2) is 24.3 Å². The summed E-state index contributed by atoms with van der Waals surface area (Å²) in [6, 6.07) is 9.38. The summed E-state index contributed by atoms with van der Waals surface area (Å²) in [6.45, 7) is 3.18. The number of hydrogen-bond acceptors (Lipinski definition) is 3. The quantitative estimate of drug-likeness (QED) is 0.864. The maximum absolute atomic E-state index is 5.81. The Morgan fingerprint density at radius 2 is 1.95 bits per heavy atom. The first-order valence-electron chi connectivity index (χ1n) is 7.79. The number of benzene rings is 1. The van der Waals surface area contributed by atoms with E-state index < -0.39 is 0 Å². The van der Waals surface area contributed by atoms with Gasteiger partial charge in [0.1, 0.15) is 5.75 Å². The third-order valence-electron chi connectivity index (χ3n) is 4.53. The van der Waals surface area contributed by atoms with Crippen LogP contribution in [0.5, 0.6) is 5.75 Å². The van der Waals surface area contributed by atoms with E-state index in [1.54, 1.807) is 7.11 Å². The van der Waals surface area contributed by atoms with Crippen LogP contribution in [0.4, 0.5) is 0 Å². The van der Waals surface area contributed by atoms with Crippen molar-refractivity contribution in [3.8, 4) is 5.75 Å². The van der Waals surface area contributed by atoms with Crippen molar-refractivity contribution in [2.24, 2.45) is 5.92 Å². The maximum Gasteiger partial charge on any atom is 0.118 e. The summed E-state index contributed by atoms with van der Waals surface area (Å²) in [6.07, 6.45) is 5.44. The van der Waals surface area contributed by atoms with Gasteiger partial charge in [0.25, 0.3) is 0 Å². The van der Waals surface area contributed by atoms with Gasteiger partial charge in [-0.25, -0.2) is 0 Å². The van der Waals surface area contributed by atoms with Crippen molar-refractivity contribution in [2.45, 2.75) is 50.8 Å². The third kappa shape index (κ3) is 3.15. The molecule has 0 radical (unpaired) electrons. The first kappa shape index (κ1) is 13.9. The molecule has 1 saturated carbocycles. The smallest absolute Gasteiger partial charge is 0.118 e. The van der Waals surface area contributed by atoms with Gasteiger partial charge >= 0.3 is 0 Å². The second kappa shape index (κ2) is 6.15. The molecule has 3 unspecified atom stereocenters. The van der Waals surface area contributed by atoms with Gasteiger partial charge < -0.3 is 14.8 Å². The summed E-state index contributed by atoms with van der Waals surface area (Å²) in [5, 5.41) is 3.81. The Labute approximate surface area is 121 Å². The summed E-state index contributed by atoms with van der Waals surface area (Å²) < 4.78 is 11.1. The van der Waals surface area contributed by atoms with E-state index in [1.807, 2.05) is 0 Å². The number of methoxy groups -OCH3 is 1. The fourth-order valence-corrected chi connectivity index (χ4v) is 3.13. The van der Waals surface area contributed by atoms with Gasteiger partial charge in [-0.15, -0.1) is 0 Å². The second-order valence-corrected chi connectivity index (χ2v) is 6.10. The zero-order valence-corrected chi connectivity index (χ0v) is 12.5. The molecule has 0 spiro atoms. The molecular formula is C17H25NO2. The van der Waals surface area contributed by atoms with E-state index in [2.05, 4.69) is 36.5 Å². The van der Waals surface area contributed by atoms with Crippen LogP contribution < -0.4 is 10.1 Å². The minimum atomic E-state index is 0.384. The second-order valence-electron chi connectivity index (χ2n) is 6.10. The molecule has 0 bridgehead atoms. The average molecular weight is 275 g/mol.